The smallest absolute Gasteiger partial charge is 0.0403 e. The molecule has 2 aromatic carbocycles. The third-order valence-corrected chi connectivity index (χ3v) is 4.95. The maximum Gasteiger partial charge on any atom is 0.0403 e. The average Bonchev–Trinajstić information content (AvgIpc) is 2.92. The number of hydrogen-bond acceptors (Lipinski definition) is 1. The Morgan fingerprint density at radius 1 is 0.850 bits per heavy atom. The monoisotopic (exact) mass is 263 g/mol. The number of para-hydroxylation sites is 1. The Bertz CT molecular complexity index is 590. The van der Waals surface area contributed by atoms with Gasteiger partial charge in [-0.2, -0.15) is 0 Å². The van der Waals surface area contributed by atoms with E-state index in [1.165, 1.54) is 43.4 Å². The van der Waals surface area contributed by atoms with Crippen molar-refractivity contribution < 1.29 is 0 Å². The van der Waals surface area contributed by atoms with Crippen molar-refractivity contribution in [3.8, 4) is 0 Å². The SMILES string of the molecule is c1ccc(C[C@H]2CC[C@@H]3CCc4ccccc4N32)cc1. The lowest BCUT2D eigenvalue weighted by atomic mass is 9.96. The summed E-state index contributed by atoms with van der Waals surface area (Å²) in [4.78, 5) is 2.73. The molecule has 1 heteroatoms. The lowest BCUT2D eigenvalue weighted by Crippen LogP contribution is -2.40. The average molecular weight is 263 g/mol. The first kappa shape index (κ1) is 12.0. The van der Waals surface area contributed by atoms with E-state index in [-0.39, 0.29) is 0 Å². The highest BCUT2D eigenvalue weighted by molar-refractivity contribution is 5.58. The highest BCUT2D eigenvalue weighted by Crippen LogP contribution is 2.40. The fourth-order valence-electron chi connectivity index (χ4n) is 4.02. The van der Waals surface area contributed by atoms with Crippen LogP contribution in [0, 0.1) is 0 Å². The maximum atomic E-state index is 2.73. The van der Waals surface area contributed by atoms with Crippen LogP contribution in [0.3, 0.4) is 0 Å². The lowest BCUT2D eigenvalue weighted by molar-refractivity contribution is 0.559. The summed E-state index contributed by atoms with van der Waals surface area (Å²) in [5.74, 6) is 0. The standard InChI is InChI=1S/C19H21N/c1-2-6-15(7-3-1)14-18-13-12-17-11-10-16-8-4-5-9-19(16)20(17)18/h1-9,17-18H,10-14H2/t17-,18+/m0/s1. The zero-order chi connectivity index (χ0) is 13.4. The van der Waals surface area contributed by atoms with E-state index in [2.05, 4.69) is 59.5 Å². The number of benzene rings is 2. The van der Waals surface area contributed by atoms with Crippen LogP contribution in [0.5, 0.6) is 0 Å². The third kappa shape index (κ3) is 2.02. The van der Waals surface area contributed by atoms with Gasteiger partial charge in [0.05, 0.1) is 0 Å². The van der Waals surface area contributed by atoms with Crippen molar-refractivity contribution >= 4 is 5.69 Å². The zero-order valence-corrected chi connectivity index (χ0v) is 11.8. The first-order valence-electron chi connectivity index (χ1n) is 7.82. The fraction of sp³-hybridized carbons (Fsp3) is 0.368. The molecule has 2 aliphatic rings. The largest absolute Gasteiger partial charge is 0.365 e. The van der Waals surface area contributed by atoms with Gasteiger partial charge in [0.15, 0.2) is 0 Å². The number of anilines is 1. The van der Waals surface area contributed by atoms with Crippen LogP contribution < -0.4 is 4.90 Å². The van der Waals surface area contributed by atoms with Crippen LogP contribution in [-0.2, 0) is 12.8 Å². The molecule has 1 saturated heterocycles. The van der Waals surface area contributed by atoms with E-state index in [1.807, 2.05) is 0 Å². The molecular weight excluding hydrogens is 242 g/mol. The molecule has 0 spiro atoms. The number of aryl methyl sites for hydroxylation is 1. The van der Waals surface area contributed by atoms with Gasteiger partial charge in [0.1, 0.15) is 0 Å². The van der Waals surface area contributed by atoms with Crippen molar-refractivity contribution in [2.45, 2.75) is 44.2 Å². The normalized spacial score (nSPS) is 24.3. The summed E-state index contributed by atoms with van der Waals surface area (Å²) < 4.78 is 0. The van der Waals surface area contributed by atoms with E-state index in [9.17, 15) is 0 Å². The summed E-state index contributed by atoms with van der Waals surface area (Å²) >= 11 is 0. The van der Waals surface area contributed by atoms with Gasteiger partial charge in [-0.1, -0.05) is 48.5 Å². The van der Waals surface area contributed by atoms with E-state index in [0.717, 1.165) is 6.04 Å². The first-order chi connectivity index (χ1) is 9.92. The van der Waals surface area contributed by atoms with Crippen molar-refractivity contribution in [2.24, 2.45) is 0 Å². The van der Waals surface area contributed by atoms with Crippen molar-refractivity contribution in [3.05, 3.63) is 65.7 Å². The summed E-state index contributed by atoms with van der Waals surface area (Å²) in [7, 11) is 0. The van der Waals surface area contributed by atoms with Crippen LogP contribution in [0.15, 0.2) is 54.6 Å². The quantitative estimate of drug-likeness (QED) is 0.784. The third-order valence-electron chi connectivity index (χ3n) is 4.95. The lowest BCUT2D eigenvalue weighted by Gasteiger charge is -2.38. The second kappa shape index (κ2) is 4.97. The second-order valence-electron chi connectivity index (χ2n) is 6.15. The van der Waals surface area contributed by atoms with Gasteiger partial charge >= 0.3 is 0 Å². The molecule has 0 aromatic heterocycles. The Morgan fingerprint density at radius 3 is 2.55 bits per heavy atom. The fourth-order valence-corrected chi connectivity index (χ4v) is 4.02. The van der Waals surface area contributed by atoms with Crippen LogP contribution in [-0.4, -0.2) is 12.1 Å². The molecular formula is C19H21N. The Morgan fingerprint density at radius 2 is 1.65 bits per heavy atom. The minimum absolute atomic E-state index is 0.684. The molecule has 0 aliphatic carbocycles. The van der Waals surface area contributed by atoms with Gasteiger partial charge in [0, 0.05) is 17.8 Å². The molecule has 4 rings (SSSR count). The van der Waals surface area contributed by atoms with Gasteiger partial charge in [-0.3, -0.25) is 0 Å². The zero-order valence-electron chi connectivity index (χ0n) is 11.8. The van der Waals surface area contributed by atoms with Gasteiger partial charge < -0.3 is 4.90 Å². The van der Waals surface area contributed by atoms with Crippen molar-refractivity contribution in [3.63, 3.8) is 0 Å². The molecule has 0 bridgehead atoms. The first-order valence-corrected chi connectivity index (χ1v) is 7.82. The predicted molar refractivity (Wildman–Crippen MR) is 84.2 cm³/mol. The molecule has 2 atom stereocenters. The van der Waals surface area contributed by atoms with E-state index in [0.29, 0.717) is 6.04 Å². The van der Waals surface area contributed by atoms with Gasteiger partial charge in [0.25, 0.3) is 0 Å². The van der Waals surface area contributed by atoms with Crippen LogP contribution in [0.1, 0.15) is 30.4 Å². The number of hydrogen-bond donors (Lipinski definition) is 0. The topological polar surface area (TPSA) is 3.24 Å². The van der Waals surface area contributed by atoms with Gasteiger partial charge in [-0.15, -0.1) is 0 Å². The van der Waals surface area contributed by atoms with Crippen LogP contribution in [0.25, 0.3) is 0 Å². The molecule has 2 heterocycles. The summed E-state index contributed by atoms with van der Waals surface area (Å²) in [5.41, 5.74) is 4.52. The van der Waals surface area contributed by atoms with Crippen LogP contribution in [0.2, 0.25) is 0 Å². The molecule has 1 nitrogen and oxygen atoms in total. The van der Waals surface area contributed by atoms with E-state index in [4.69, 9.17) is 0 Å². The number of rotatable bonds is 2. The van der Waals surface area contributed by atoms with E-state index >= 15 is 0 Å². The summed E-state index contributed by atoms with van der Waals surface area (Å²) in [6, 6.07) is 21.4. The molecule has 0 unspecified atom stereocenters. The minimum Gasteiger partial charge on any atom is -0.365 e. The number of nitrogens with zero attached hydrogens (tertiary/aromatic N) is 1. The summed E-state index contributed by atoms with van der Waals surface area (Å²) in [6.07, 6.45) is 6.49. The summed E-state index contributed by atoms with van der Waals surface area (Å²) in [5, 5.41) is 0. The molecule has 0 N–H and O–H groups in total. The Labute approximate surface area is 121 Å². The van der Waals surface area contributed by atoms with Crippen molar-refractivity contribution in [1.29, 1.82) is 0 Å². The number of fused-ring (bicyclic) bond motifs is 3. The minimum atomic E-state index is 0.684. The molecule has 1 fully saturated rings. The Kier molecular flexibility index (Phi) is 2.99. The highest BCUT2D eigenvalue weighted by atomic mass is 15.2. The Hall–Kier alpha value is -1.76. The molecule has 0 saturated carbocycles. The molecule has 2 aliphatic heterocycles. The molecule has 20 heavy (non-hydrogen) atoms. The van der Waals surface area contributed by atoms with Crippen molar-refractivity contribution in [2.75, 3.05) is 4.90 Å². The molecule has 102 valence electrons. The second-order valence-corrected chi connectivity index (χ2v) is 6.15. The van der Waals surface area contributed by atoms with Gasteiger partial charge in [-0.05, 0) is 49.3 Å². The molecule has 0 radical (unpaired) electrons. The van der Waals surface area contributed by atoms with E-state index < -0.39 is 0 Å². The molecule has 0 amide bonds. The Balaban J connectivity index is 1.64. The highest BCUT2D eigenvalue weighted by Gasteiger charge is 2.36. The maximum absolute atomic E-state index is 2.73. The van der Waals surface area contributed by atoms with E-state index in [1.54, 1.807) is 5.56 Å². The van der Waals surface area contributed by atoms with Gasteiger partial charge in [-0.25, -0.2) is 0 Å². The molecule has 2 aromatic rings. The summed E-state index contributed by atoms with van der Waals surface area (Å²) in [6.45, 7) is 0. The van der Waals surface area contributed by atoms with Crippen LogP contribution in [0.4, 0.5) is 5.69 Å². The van der Waals surface area contributed by atoms with Gasteiger partial charge in [0.2, 0.25) is 0 Å². The van der Waals surface area contributed by atoms with Crippen LogP contribution >= 0.6 is 0 Å². The predicted octanol–water partition coefficient (Wildman–Crippen LogP) is 4.21. The van der Waals surface area contributed by atoms with Crippen molar-refractivity contribution in [1.82, 2.24) is 0 Å².